The fourth-order valence-corrected chi connectivity index (χ4v) is 3.31. The molecule has 2 aromatic carbocycles. The highest BCUT2D eigenvalue weighted by molar-refractivity contribution is 5.97. The van der Waals surface area contributed by atoms with E-state index in [1.807, 2.05) is 0 Å². The van der Waals surface area contributed by atoms with E-state index >= 15 is 0 Å². The van der Waals surface area contributed by atoms with Gasteiger partial charge in [0.1, 0.15) is 39.2 Å². The molecule has 0 amide bonds. The number of hydrogen-bond donors (Lipinski definition) is 3. The van der Waals surface area contributed by atoms with Gasteiger partial charge in [-0.05, 0) is 18.2 Å². The van der Waals surface area contributed by atoms with Crippen molar-refractivity contribution < 1.29 is 29.2 Å². The SMILES string of the molecule is O=c1c2c(O)cccc2oc2cc3c(c(O)c12)[C@@]1(O)C=COC1O3. The molecule has 2 aliphatic heterocycles. The number of benzene rings is 2. The molecule has 24 heavy (non-hydrogen) atoms. The van der Waals surface area contributed by atoms with Crippen LogP contribution in [0.5, 0.6) is 17.2 Å². The van der Waals surface area contributed by atoms with Crippen LogP contribution in [0.1, 0.15) is 5.56 Å². The molecular weight excluding hydrogens is 316 g/mol. The minimum Gasteiger partial charge on any atom is -0.507 e. The Labute approximate surface area is 133 Å². The van der Waals surface area contributed by atoms with Crippen LogP contribution in [-0.2, 0) is 10.3 Å². The van der Waals surface area contributed by atoms with Gasteiger partial charge in [-0.1, -0.05) is 6.07 Å². The molecule has 3 aromatic rings. The first-order chi connectivity index (χ1) is 11.5. The highest BCUT2D eigenvalue weighted by Crippen LogP contribution is 2.52. The van der Waals surface area contributed by atoms with Crippen LogP contribution in [-0.4, -0.2) is 21.6 Å². The van der Waals surface area contributed by atoms with Gasteiger partial charge in [0.25, 0.3) is 6.29 Å². The van der Waals surface area contributed by atoms with Gasteiger partial charge in [-0.3, -0.25) is 4.79 Å². The van der Waals surface area contributed by atoms with Gasteiger partial charge in [-0.25, -0.2) is 0 Å². The van der Waals surface area contributed by atoms with Crippen molar-refractivity contribution in [3.63, 3.8) is 0 Å². The molecule has 1 aromatic heterocycles. The summed E-state index contributed by atoms with van der Waals surface area (Å²) in [7, 11) is 0. The van der Waals surface area contributed by atoms with Crippen molar-refractivity contribution in [1.82, 2.24) is 0 Å². The van der Waals surface area contributed by atoms with Gasteiger partial charge in [0, 0.05) is 6.07 Å². The van der Waals surface area contributed by atoms with Crippen molar-refractivity contribution in [1.29, 1.82) is 0 Å². The third-order valence-corrected chi connectivity index (χ3v) is 4.42. The molecule has 5 rings (SSSR count). The summed E-state index contributed by atoms with van der Waals surface area (Å²) in [4.78, 5) is 12.8. The lowest BCUT2D eigenvalue weighted by molar-refractivity contribution is -0.110. The zero-order valence-corrected chi connectivity index (χ0v) is 12.0. The molecule has 2 atom stereocenters. The highest BCUT2D eigenvalue weighted by Gasteiger charge is 2.53. The Bertz CT molecular complexity index is 1130. The number of hydrogen-bond acceptors (Lipinski definition) is 7. The molecule has 0 saturated heterocycles. The molecular formula is C17H10O7. The average Bonchev–Trinajstić information content (AvgIpc) is 3.00. The molecule has 0 aliphatic carbocycles. The number of phenols is 2. The minimum absolute atomic E-state index is 0.0378. The summed E-state index contributed by atoms with van der Waals surface area (Å²) >= 11 is 0. The van der Waals surface area contributed by atoms with E-state index in [9.17, 15) is 20.1 Å². The van der Waals surface area contributed by atoms with Crippen LogP contribution in [0.3, 0.4) is 0 Å². The second kappa shape index (κ2) is 4.01. The topological polar surface area (TPSA) is 109 Å². The van der Waals surface area contributed by atoms with Crippen molar-refractivity contribution in [3.8, 4) is 17.2 Å². The third-order valence-electron chi connectivity index (χ3n) is 4.42. The first kappa shape index (κ1) is 13.3. The molecule has 3 N–H and O–H groups in total. The van der Waals surface area contributed by atoms with Crippen LogP contribution in [0.2, 0.25) is 0 Å². The maximum atomic E-state index is 12.8. The van der Waals surface area contributed by atoms with Crippen molar-refractivity contribution >= 4 is 21.9 Å². The smallest absolute Gasteiger partial charge is 0.277 e. The molecule has 120 valence electrons. The first-order valence-corrected chi connectivity index (χ1v) is 7.18. The van der Waals surface area contributed by atoms with Gasteiger partial charge in [0.05, 0.1) is 11.8 Å². The van der Waals surface area contributed by atoms with E-state index in [-0.39, 0.29) is 39.0 Å². The Hall–Kier alpha value is -3.19. The molecule has 0 spiro atoms. The molecule has 7 heteroatoms. The van der Waals surface area contributed by atoms with E-state index in [0.29, 0.717) is 0 Å². The number of phenolic OH excluding ortho intramolecular Hbond substituents is 2. The summed E-state index contributed by atoms with van der Waals surface area (Å²) in [5.41, 5.74) is -1.98. The van der Waals surface area contributed by atoms with E-state index in [0.717, 1.165) is 0 Å². The van der Waals surface area contributed by atoms with Crippen LogP contribution in [0.15, 0.2) is 45.8 Å². The predicted octanol–water partition coefficient (Wildman–Crippen LogP) is 1.81. The zero-order chi connectivity index (χ0) is 16.6. The number of aromatic hydroxyl groups is 2. The van der Waals surface area contributed by atoms with Gasteiger partial charge in [0.15, 0.2) is 5.60 Å². The molecule has 0 bridgehead atoms. The lowest BCUT2D eigenvalue weighted by Gasteiger charge is -2.18. The van der Waals surface area contributed by atoms with Gasteiger partial charge in [-0.15, -0.1) is 0 Å². The summed E-state index contributed by atoms with van der Waals surface area (Å²) in [6.45, 7) is 0. The van der Waals surface area contributed by atoms with E-state index in [2.05, 4.69) is 0 Å². The van der Waals surface area contributed by atoms with Crippen molar-refractivity contribution in [2.75, 3.05) is 0 Å². The van der Waals surface area contributed by atoms with Crippen LogP contribution in [0, 0.1) is 0 Å². The minimum atomic E-state index is -1.69. The lowest BCUT2D eigenvalue weighted by Crippen LogP contribution is -2.33. The van der Waals surface area contributed by atoms with Gasteiger partial charge < -0.3 is 29.2 Å². The second-order valence-electron chi connectivity index (χ2n) is 5.77. The first-order valence-electron chi connectivity index (χ1n) is 7.18. The number of aliphatic hydroxyl groups is 1. The highest BCUT2D eigenvalue weighted by atomic mass is 16.7. The Morgan fingerprint density at radius 1 is 1.12 bits per heavy atom. The molecule has 2 aliphatic rings. The van der Waals surface area contributed by atoms with E-state index in [1.54, 1.807) is 6.07 Å². The third kappa shape index (κ3) is 1.38. The van der Waals surface area contributed by atoms with Gasteiger partial charge in [-0.2, -0.15) is 0 Å². The van der Waals surface area contributed by atoms with Crippen LogP contribution >= 0.6 is 0 Å². The molecule has 0 saturated carbocycles. The largest absolute Gasteiger partial charge is 0.507 e. The number of ether oxygens (including phenoxy) is 2. The molecule has 0 radical (unpaired) electrons. The maximum Gasteiger partial charge on any atom is 0.277 e. The Kier molecular flexibility index (Phi) is 2.22. The van der Waals surface area contributed by atoms with Gasteiger partial charge >= 0.3 is 0 Å². The zero-order valence-electron chi connectivity index (χ0n) is 12.0. The summed E-state index contributed by atoms with van der Waals surface area (Å²) < 4.78 is 16.3. The summed E-state index contributed by atoms with van der Waals surface area (Å²) in [6.07, 6.45) is 1.58. The maximum absolute atomic E-state index is 12.8. The van der Waals surface area contributed by atoms with Crippen molar-refractivity contribution in [2.24, 2.45) is 0 Å². The Morgan fingerprint density at radius 2 is 1.96 bits per heavy atom. The summed E-state index contributed by atoms with van der Waals surface area (Å²) in [5, 5.41) is 31.1. The fraction of sp³-hybridized carbons (Fsp3) is 0.118. The standard InChI is InChI=1S/C17H10O7/c18-7-2-1-3-8-11(7)14(19)12-9(23-8)6-10-13(15(12)20)17(21)4-5-22-16(17)24-10/h1-6,16,18,20-21H/t16?,17-/m0/s1. The van der Waals surface area contributed by atoms with Crippen LogP contribution in [0.25, 0.3) is 21.9 Å². The average molecular weight is 326 g/mol. The summed E-state index contributed by atoms with van der Waals surface area (Å²) in [6, 6.07) is 5.86. The number of fused-ring (bicyclic) bond motifs is 5. The molecule has 3 heterocycles. The van der Waals surface area contributed by atoms with E-state index in [4.69, 9.17) is 13.9 Å². The summed E-state index contributed by atoms with van der Waals surface area (Å²) in [5.74, 6) is -0.541. The number of rotatable bonds is 0. The van der Waals surface area contributed by atoms with Crippen molar-refractivity contribution in [3.05, 3.63) is 52.4 Å². The van der Waals surface area contributed by atoms with Crippen LogP contribution < -0.4 is 10.2 Å². The van der Waals surface area contributed by atoms with Crippen molar-refractivity contribution in [2.45, 2.75) is 11.9 Å². The Balaban J connectivity index is 1.97. The quantitative estimate of drug-likeness (QED) is 0.540. The Morgan fingerprint density at radius 3 is 2.79 bits per heavy atom. The monoisotopic (exact) mass is 326 g/mol. The molecule has 1 unspecified atom stereocenters. The van der Waals surface area contributed by atoms with E-state index in [1.165, 1.54) is 30.5 Å². The van der Waals surface area contributed by atoms with Crippen LogP contribution in [0.4, 0.5) is 0 Å². The lowest BCUT2D eigenvalue weighted by atomic mass is 9.93. The van der Waals surface area contributed by atoms with Gasteiger partial charge in [0.2, 0.25) is 5.43 Å². The molecule has 0 fully saturated rings. The van der Waals surface area contributed by atoms with E-state index < -0.39 is 23.1 Å². The molecule has 7 nitrogen and oxygen atoms in total. The normalized spacial score (nSPS) is 24.0. The predicted molar refractivity (Wildman–Crippen MR) is 81.9 cm³/mol. The fourth-order valence-electron chi connectivity index (χ4n) is 3.31. The second-order valence-corrected chi connectivity index (χ2v) is 5.77.